The zero-order valence-electron chi connectivity index (χ0n) is 13.0. The predicted molar refractivity (Wildman–Crippen MR) is 90.1 cm³/mol. The van der Waals surface area contributed by atoms with Crippen molar-refractivity contribution in [1.29, 1.82) is 0 Å². The Morgan fingerprint density at radius 3 is 2.42 bits per heavy atom. The lowest BCUT2D eigenvalue weighted by molar-refractivity contribution is 0.102. The Hall–Kier alpha value is -3.27. The van der Waals surface area contributed by atoms with Gasteiger partial charge in [-0.2, -0.15) is 13.5 Å². The molecule has 134 valence electrons. The standard InChI is InChI=1S/C16H12F2N4O3S/c17-13-7-6-11(8-14(13)18)20-15(23)12-9-19-21-16(12)26(24,25)22-10-4-2-1-3-5-10/h1-9,22H,(H,19,21)(H,20,23). The number of para-hydroxylation sites is 1. The van der Waals surface area contributed by atoms with Crippen molar-refractivity contribution in [2.24, 2.45) is 0 Å². The van der Waals surface area contributed by atoms with E-state index >= 15 is 0 Å². The smallest absolute Gasteiger partial charge is 0.279 e. The highest BCUT2D eigenvalue weighted by atomic mass is 32.2. The minimum absolute atomic E-state index is 0.0329. The van der Waals surface area contributed by atoms with Crippen molar-refractivity contribution in [2.75, 3.05) is 10.0 Å². The monoisotopic (exact) mass is 378 g/mol. The van der Waals surface area contributed by atoms with Crippen LogP contribution in [0.15, 0.2) is 59.8 Å². The van der Waals surface area contributed by atoms with E-state index in [1.54, 1.807) is 18.2 Å². The maximum atomic E-state index is 13.2. The Morgan fingerprint density at radius 2 is 1.73 bits per heavy atom. The summed E-state index contributed by atoms with van der Waals surface area (Å²) in [6.45, 7) is 0. The number of sulfonamides is 1. The van der Waals surface area contributed by atoms with Crippen molar-refractivity contribution < 1.29 is 22.0 Å². The van der Waals surface area contributed by atoms with Crippen molar-refractivity contribution in [3.8, 4) is 0 Å². The number of rotatable bonds is 5. The lowest BCUT2D eigenvalue weighted by Gasteiger charge is -2.09. The molecule has 10 heteroatoms. The van der Waals surface area contributed by atoms with Gasteiger partial charge in [-0.3, -0.25) is 14.6 Å². The van der Waals surface area contributed by atoms with E-state index in [1.807, 2.05) is 0 Å². The van der Waals surface area contributed by atoms with Crippen LogP contribution in [0.5, 0.6) is 0 Å². The number of nitrogens with zero attached hydrogens (tertiary/aromatic N) is 1. The highest BCUT2D eigenvalue weighted by molar-refractivity contribution is 7.92. The molecule has 7 nitrogen and oxygen atoms in total. The summed E-state index contributed by atoms with van der Waals surface area (Å²) in [4.78, 5) is 12.3. The molecule has 0 atom stereocenters. The number of aromatic nitrogens is 2. The highest BCUT2D eigenvalue weighted by Crippen LogP contribution is 2.19. The number of halogens is 2. The zero-order chi connectivity index (χ0) is 18.7. The topological polar surface area (TPSA) is 104 Å². The van der Waals surface area contributed by atoms with E-state index < -0.39 is 32.6 Å². The van der Waals surface area contributed by atoms with Crippen LogP contribution in [0.2, 0.25) is 0 Å². The Labute approximate surface area is 147 Å². The van der Waals surface area contributed by atoms with Crippen molar-refractivity contribution in [3.05, 3.63) is 71.9 Å². The summed E-state index contributed by atoms with van der Waals surface area (Å²) >= 11 is 0. The van der Waals surface area contributed by atoms with Crippen LogP contribution in [0.3, 0.4) is 0 Å². The number of hydrogen-bond donors (Lipinski definition) is 3. The fourth-order valence-corrected chi connectivity index (χ4v) is 3.28. The molecule has 0 fully saturated rings. The van der Waals surface area contributed by atoms with Crippen molar-refractivity contribution in [1.82, 2.24) is 10.2 Å². The van der Waals surface area contributed by atoms with E-state index in [0.717, 1.165) is 24.4 Å². The van der Waals surface area contributed by atoms with E-state index in [0.29, 0.717) is 5.69 Å². The second-order valence-corrected chi connectivity index (χ2v) is 6.79. The number of anilines is 2. The maximum absolute atomic E-state index is 13.2. The molecule has 26 heavy (non-hydrogen) atoms. The molecule has 0 saturated heterocycles. The van der Waals surface area contributed by atoms with Crippen LogP contribution < -0.4 is 10.0 Å². The number of benzene rings is 2. The molecule has 0 radical (unpaired) electrons. The van der Waals surface area contributed by atoms with Gasteiger partial charge in [-0.25, -0.2) is 8.78 Å². The molecule has 0 spiro atoms. The quantitative estimate of drug-likeness (QED) is 0.635. The van der Waals surface area contributed by atoms with E-state index in [-0.39, 0.29) is 11.3 Å². The second-order valence-electron chi connectivity index (χ2n) is 5.17. The summed E-state index contributed by atoms with van der Waals surface area (Å²) in [6.07, 6.45) is 1.02. The first-order valence-corrected chi connectivity index (χ1v) is 8.73. The fraction of sp³-hybridized carbons (Fsp3) is 0. The third kappa shape index (κ3) is 3.70. The molecule has 1 amide bonds. The highest BCUT2D eigenvalue weighted by Gasteiger charge is 2.25. The van der Waals surface area contributed by atoms with Gasteiger partial charge < -0.3 is 5.32 Å². The number of aromatic amines is 1. The van der Waals surface area contributed by atoms with Crippen LogP contribution in [0.1, 0.15) is 10.4 Å². The lowest BCUT2D eigenvalue weighted by atomic mass is 10.2. The number of nitrogens with one attached hydrogen (secondary N) is 3. The minimum Gasteiger partial charge on any atom is -0.322 e. The van der Waals surface area contributed by atoms with E-state index in [4.69, 9.17) is 0 Å². The molecule has 0 aliphatic carbocycles. The van der Waals surface area contributed by atoms with Gasteiger partial charge in [0.15, 0.2) is 16.7 Å². The summed E-state index contributed by atoms with van der Waals surface area (Å²) in [5, 5.41) is 7.68. The predicted octanol–water partition coefficient (Wildman–Crippen LogP) is 2.74. The molecule has 1 aromatic heterocycles. The van der Waals surface area contributed by atoms with Crippen LogP contribution in [0.25, 0.3) is 0 Å². The molecular formula is C16H12F2N4O3S. The van der Waals surface area contributed by atoms with E-state index in [9.17, 15) is 22.0 Å². The van der Waals surface area contributed by atoms with Gasteiger partial charge in [-0.1, -0.05) is 18.2 Å². The summed E-state index contributed by atoms with van der Waals surface area (Å²) in [7, 11) is -4.12. The zero-order valence-corrected chi connectivity index (χ0v) is 13.8. The van der Waals surface area contributed by atoms with Gasteiger partial charge in [0.05, 0.1) is 11.8 Å². The van der Waals surface area contributed by atoms with Gasteiger partial charge in [0, 0.05) is 17.4 Å². The van der Waals surface area contributed by atoms with Gasteiger partial charge in [0.1, 0.15) is 0 Å². The molecule has 3 rings (SSSR count). The molecule has 0 unspecified atom stereocenters. The molecule has 0 saturated carbocycles. The van der Waals surface area contributed by atoms with E-state index in [1.165, 1.54) is 12.1 Å². The van der Waals surface area contributed by atoms with Gasteiger partial charge in [-0.05, 0) is 24.3 Å². The molecule has 3 N–H and O–H groups in total. The van der Waals surface area contributed by atoms with E-state index in [2.05, 4.69) is 20.2 Å². The number of amides is 1. The fourth-order valence-electron chi connectivity index (χ4n) is 2.13. The third-order valence-corrected chi connectivity index (χ3v) is 4.67. The van der Waals surface area contributed by atoms with Gasteiger partial charge in [0.2, 0.25) is 0 Å². The Balaban J connectivity index is 1.85. The van der Waals surface area contributed by atoms with Crippen LogP contribution in [-0.2, 0) is 10.0 Å². The first-order chi connectivity index (χ1) is 12.4. The SMILES string of the molecule is O=C(Nc1ccc(F)c(F)c1)c1cn[nH]c1S(=O)(=O)Nc1ccccc1. The maximum Gasteiger partial charge on any atom is 0.279 e. The third-order valence-electron chi connectivity index (χ3n) is 3.32. The van der Waals surface area contributed by atoms with Crippen LogP contribution in [0.4, 0.5) is 20.2 Å². The van der Waals surface area contributed by atoms with Gasteiger partial charge in [0.25, 0.3) is 15.9 Å². The van der Waals surface area contributed by atoms with Crippen molar-refractivity contribution in [2.45, 2.75) is 5.03 Å². The Bertz CT molecular complexity index is 1050. The molecule has 0 aliphatic heterocycles. The van der Waals surface area contributed by atoms with Crippen LogP contribution in [-0.4, -0.2) is 24.5 Å². The minimum atomic E-state index is -4.12. The van der Waals surface area contributed by atoms with Crippen LogP contribution >= 0.6 is 0 Å². The number of carbonyl (C=O) groups is 1. The van der Waals surface area contributed by atoms with Gasteiger partial charge in [-0.15, -0.1) is 0 Å². The molecule has 0 bridgehead atoms. The molecular weight excluding hydrogens is 366 g/mol. The number of hydrogen-bond acceptors (Lipinski definition) is 4. The average molecular weight is 378 g/mol. The molecule has 1 heterocycles. The van der Waals surface area contributed by atoms with Crippen molar-refractivity contribution in [3.63, 3.8) is 0 Å². The molecule has 0 aliphatic rings. The second kappa shape index (κ2) is 6.92. The summed E-state index contributed by atoms with van der Waals surface area (Å²) in [6, 6.07) is 10.8. The van der Waals surface area contributed by atoms with Crippen LogP contribution in [0, 0.1) is 11.6 Å². The summed E-state index contributed by atoms with van der Waals surface area (Å²) in [5.41, 5.74) is -0.0123. The number of carbonyl (C=O) groups excluding carboxylic acids is 1. The molecule has 3 aromatic rings. The molecule has 2 aromatic carbocycles. The first kappa shape index (κ1) is 17.5. The number of H-pyrrole nitrogens is 1. The largest absolute Gasteiger partial charge is 0.322 e. The van der Waals surface area contributed by atoms with Gasteiger partial charge >= 0.3 is 0 Å². The summed E-state index contributed by atoms with van der Waals surface area (Å²) in [5.74, 6) is -3.06. The lowest BCUT2D eigenvalue weighted by Crippen LogP contribution is -2.19. The summed E-state index contributed by atoms with van der Waals surface area (Å²) < 4.78 is 53.4. The Morgan fingerprint density at radius 1 is 1.00 bits per heavy atom. The average Bonchev–Trinajstić information content (AvgIpc) is 3.10. The first-order valence-electron chi connectivity index (χ1n) is 7.24. The normalized spacial score (nSPS) is 11.2. The Kier molecular flexibility index (Phi) is 4.67. The van der Waals surface area contributed by atoms with Crippen molar-refractivity contribution >= 4 is 27.3 Å².